The Bertz CT molecular complexity index is 1190. The first-order chi connectivity index (χ1) is 15.5. The summed E-state index contributed by atoms with van der Waals surface area (Å²) in [4.78, 5) is 26.2. The van der Waals surface area contributed by atoms with Crippen molar-refractivity contribution in [2.45, 2.75) is 6.04 Å². The SMILES string of the molecule is C=CC(=O)N1C[C@@H]2CNc3c(C(N)=O)c(-c4ccc(Oc5ccccc5)cc4)nn3[C@@H]2C1. The van der Waals surface area contributed by atoms with E-state index in [1.807, 2.05) is 59.3 Å². The van der Waals surface area contributed by atoms with Crippen LogP contribution in [0, 0.1) is 5.92 Å². The molecule has 2 atom stereocenters. The Morgan fingerprint density at radius 2 is 1.81 bits per heavy atom. The topological polar surface area (TPSA) is 102 Å². The number of para-hydroxylation sites is 1. The van der Waals surface area contributed by atoms with Gasteiger partial charge in [0.05, 0.1) is 6.04 Å². The van der Waals surface area contributed by atoms with Crippen molar-refractivity contribution in [2.75, 3.05) is 25.0 Å². The highest BCUT2D eigenvalue weighted by atomic mass is 16.5. The van der Waals surface area contributed by atoms with Crippen LogP contribution in [0.15, 0.2) is 67.3 Å². The molecule has 162 valence electrons. The van der Waals surface area contributed by atoms with Gasteiger partial charge in [0.2, 0.25) is 5.91 Å². The molecule has 1 fully saturated rings. The molecule has 2 aliphatic rings. The van der Waals surface area contributed by atoms with Crippen molar-refractivity contribution in [3.8, 4) is 22.8 Å². The first-order valence-electron chi connectivity index (χ1n) is 10.5. The Labute approximate surface area is 185 Å². The van der Waals surface area contributed by atoms with Crippen molar-refractivity contribution in [3.05, 3.63) is 72.8 Å². The standard InChI is InChI=1S/C24H23N5O3/c1-2-20(30)28-13-16-12-26-24-21(23(25)31)22(27-29(24)19(16)14-28)15-8-10-18(11-9-15)32-17-6-4-3-5-7-17/h2-11,16,19,26H,1,12-14H2,(H2,25,31)/t16-,19+/m0/s1. The number of nitrogens with two attached hydrogens (primary N) is 1. The highest BCUT2D eigenvalue weighted by Gasteiger charge is 2.41. The van der Waals surface area contributed by atoms with Crippen molar-refractivity contribution in [1.82, 2.24) is 14.7 Å². The van der Waals surface area contributed by atoms with E-state index in [0.717, 1.165) is 11.3 Å². The van der Waals surface area contributed by atoms with Crippen molar-refractivity contribution < 1.29 is 14.3 Å². The zero-order valence-corrected chi connectivity index (χ0v) is 17.4. The zero-order chi connectivity index (χ0) is 22.2. The van der Waals surface area contributed by atoms with Gasteiger partial charge in [-0.3, -0.25) is 9.59 Å². The number of carbonyl (C=O) groups is 2. The summed E-state index contributed by atoms with van der Waals surface area (Å²) in [5.74, 6) is 1.57. The maximum absolute atomic E-state index is 12.4. The average Bonchev–Trinajstić information content (AvgIpc) is 3.41. The highest BCUT2D eigenvalue weighted by molar-refractivity contribution is 6.04. The molecule has 3 heterocycles. The number of fused-ring (bicyclic) bond motifs is 3. The Balaban J connectivity index is 1.47. The smallest absolute Gasteiger partial charge is 0.254 e. The lowest BCUT2D eigenvalue weighted by atomic mass is 10.0. The second-order valence-electron chi connectivity index (χ2n) is 7.98. The average molecular weight is 429 g/mol. The molecular weight excluding hydrogens is 406 g/mol. The fourth-order valence-corrected chi connectivity index (χ4v) is 4.45. The van der Waals surface area contributed by atoms with Gasteiger partial charge in [-0.2, -0.15) is 5.10 Å². The van der Waals surface area contributed by atoms with Crippen LogP contribution >= 0.6 is 0 Å². The van der Waals surface area contributed by atoms with E-state index in [0.29, 0.717) is 42.5 Å². The van der Waals surface area contributed by atoms with Crippen LogP contribution in [0.2, 0.25) is 0 Å². The minimum absolute atomic E-state index is 0.0253. The van der Waals surface area contributed by atoms with Gasteiger partial charge >= 0.3 is 0 Å². The van der Waals surface area contributed by atoms with E-state index >= 15 is 0 Å². The predicted octanol–water partition coefficient (Wildman–Crippen LogP) is 3.05. The summed E-state index contributed by atoms with van der Waals surface area (Å²) in [6.45, 7) is 5.36. The van der Waals surface area contributed by atoms with Gasteiger partial charge in [-0.15, -0.1) is 0 Å². The van der Waals surface area contributed by atoms with Crippen molar-refractivity contribution in [2.24, 2.45) is 11.7 Å². The largest absolute Gasteiger partial charge is 0.457 e. The monoisotopic (exact) mass is 429 g/mol. The molecule has 2 amide bonds. The molecule has 32 heavy (non-hydrogen) atoms. The molecule has 3 aromatic rings. The van der Waals surface area contributed by atoms with Crippen LogP contribution in [0.3, 0.4) is 0 Å². The summed E-state index contributed by atoms with van der Waals surface area (Å²) in [6, 6.07) is 16.9. The molecule has 0 bridgehead atoms. The molecule has 0 saturated carbocycles. The van der Waals surface area contributed by atoms with Crippen molar-refractivity contribution in [3.63, 3.8) is 0 Å². The van der Waals surface area contributed by atoms with Gasteiger partial charge in [-0.25, -0.2) is 4.68 Å². The fraction of sp³-hybridized carbons (Fsp3) is 0.208. The summed E-state index contributed by atoms with van der Waals surface area (Å²) in [7, 11) is 0. The quantitative estimate of drug-likeness (QED) is 0.607. The molecule has 0 spiro atoms. The van der Waals surface area contributed by atoms with Crippen LogP contribution in [-0.4, -0.2) is 46.1 Å². The molecule has 2 aliphatic heterocycles. The number of amides is 2. The van der Waals surface area contributed by atoms with Crippen LogP contribution in [0.1, 0.15) is 16.4 Å². The van der Waals surface area contributed by atoms with E-state index in [1.54, 1.807) is 4.90 Å². The Kier molecular flexibility index (Phi) is 4.89. The molecule has 2 aromatic carbocycles. The molecular formula is C24H23N5O3. The van der Waals surface area contributed by atoms with Gasteiger partial charge < -0.3 is 20.7 Å². The third kappa shape index (κ3) is 3.39. The highest BCUT2D eigenvalue weighted by Crippen LogP contribution is 2.39. The third-order valence-electron chi connectivity index (χ3n) is 6.00. The number of likely N-dealkylation sites (tertiary alicyclic amines) is 1. The number of nitrogens with zero attached hydrogens (tertiary/aromatic N) is 3. The first-order valence-corrected chi connectivity index (χ1v) is 10.5. The lowest BCUT2D eigenvalue weighted by Gasteiger charge is -2.27. The Hall–Kier alpha value is -4.07. The molecule has 8 heteroatoms. The minimum atomic E-state index is -0.547. The number of carbonyl (C=O) groups excluding carboxylic acids is 2. The second-order valence-corrected chi connectivity index (χ2v) is 7.98. The van der Waals surface area contributed by atoms with Crippen molar-refractivity contribution in [1.29, 1.82) is 0 Å². The lowest BCUT2D eigenvalue weighted by Crippen LogP contribution is -2.32. The number of nitrogens with one attached hydrogen (secondary N) is 1. The third-order valence-corrected chi connectivity index (χ3v) is 6.00. The fourth-order valence-electron chi connectivity index (χ4n) is 4.45. The molecule has 0 unspecified atom stereocenters. The van der Waals surface area contributed by atoms with Gasteiger partial charge in [0, 0.05) is 31.1 Å². The number of ether oxygens (including phenoxy) is 1. The Morgan fingerprint density at radius 3 is 2.50 bits per heavy atom. The van der Waals surface area contributed by atoms with Gasteiger partial charge in [0.1, 0.15) is 28.6 Å². The second kappa shape index (κ2) is 7.88. The van der Waals surface area contributed by atoms with E-state index in [-0.39, 0.29) is 17.9 Å². The van der Waals surface area contributed by atoms with E-state index < -0.39 is 5.91 Å². The number of hydrogen-bond donors (Lipinski definition) is 2. The number of primary amides is 1. The van der Waals surface area contributed by atoms with Gasteiger partial charge in [0.25, 0.3) is 5.91 Å². The number of hydrogen-bond acceptors (Lipinski definition) is 5. The first kappa shape index (κ1) is 19.9. The van der Waals surface area contributed by atoms with E-state index in [1.165, 1.54) is 6.08 Å². The van der Waals surface area contributed by atoms with Crippen LogP contribution in [0.5, 0.6) is 11.5 Å². The molecule has 1 aromatic heterocycles. The number of rotatable bonds is 5. The normalized spacial score (nSPS) is 18.9. The van der Waals surface area contributed by atoms with E-state index in [4.69, 9.17) is 15.6 Å². The maximum Gasteiger partial charge on any atom is 0.254 e. The van der Waals surface area contributed by atoms with E-state index in [9.17, 15) is 9.59 Å². The number of aromatic nitrogens is 2. The van der Waals surface area contributed by atoms with Gasteiger partial charge in [0.15, 0.2) is 0 Å². The van der Waals surface area contributed by atoms with Crippen molar-refractivity contribution >= 4 is 17.6 Å². The zero-order valence-electron chi connectivity index (χ0n) is 17.4. The summed E-state index contributed by atoms with van der Waals surface area (Å²) in [5, 5.41) is 8.07. The van der Waals surface area contributed by atoms with Crippen LogP contribution < -0.4 is 15.8 Å². The molecule has 1 saturated heterocycles. The Morgan fingerprint density at radius 1 is 1.09 bits per heavy atom. The molecule has 3 N–H and O–H groups in total. The van der Waals surface area contributed by atoms with Gasteiger partial charge in [-0.05, 0) is 42.5 Å². The minimum Gasteiger partial charge on any atom is -0.457 e. The molecule has 0 radical (unpaired) electrons. The summed E-state index contributed by atoms with van der Waals surface area (Å²) >= 11 is 0. The number of benzene rings is 2. The summed E-state index contributed by atoms with van der Waals surface area (Å²) in [6.07, 6.45) is 1.33. The summed E-state index contributed by atoms with van der Waals surface area (Å²) < 4.78 is 7.67. The number of anilines is 1. The lowest BCUT2D eigenvalue weighted by molar-refractivity contribution is -0.125. The van der Waals surface area contributed by atoms with E-state index in [2.05, 4.69) is 11.9 Å². The van der Waals surface area contributed by atoms with Crippen LogP contribution in [0.4, 0.5) is 5.82 Å². The van der Waals surface area contributed by atoms with Crippen LogP contribution in [0.25, 0.3) is 11.3 Å². The molecule has 0 aliphatic carbocycles. The molecule has 8 nitrogen and oxygen atoms in total. The maximum atomic E-state index is 12.4. The predicted molar refractivity (Wildman–Crippen MR) is 120 cm³/mol. The van der Waals surface area contributed by atoms with Gasteiger partial charge in [-0.1, -0.05) is 24.8 Å². The summed E-state index contributed by atoms with van der Waals surface area (Å²) in [5.41, 5.74) is 7.38. The van der Waals surface area contributed by atoms with Crippen LogP contribution in [-0.2, 0) is 4.79 Å². The molecule has 5 rings (SSSR count).